The van der Waals surface area contributed by atoms with Crippen molar-refractivity contribution in [2.45, 2.75) is 18.9 Å². The molecule has 2 N–H and O–H groups in total. The maximum Gasteiger partial charge on any atom is 0.246 e. The Labute approximate surface area is 121 Å². The molecule has 1 amide bonds. The Kier molecular flexibility index (Phi) is 3.86. The van der Waals surface area contributed by atoms with Gasteiger partial charge in [0.2, 0.25) is 5.91 Å². The number of likely N-dealkylation sites (tertiary alicyclic amines) is 1. The standard InChI is InChI=1S/C14H18BrN3O/c15-10-3-4-12-11(9-10)13(14(19)17-12)16-5-8-18-6-1-2-7-18/h3-4,9,13,16H,1-2,5-8H2,(H,17,19). The van der Waals surface area contributed by atoms with Gasteiger partial charge in [-0.05, 0) is 44.1 Å². The number of nitrogens with one attached hydrogen (secondary N) is 2. The van der Waals surface area contributed by atoms with Crippen molar-refractivity contribution in [3.8, 4) is 0 Å². The highest BCUT2D eigenvalue weighted by atomic mass is 79.9. The predicted molar refractivity (Wildman–Crippen MR) is 79.2 cm³/mol. The van der Waals surface area contributed by atoms with Crippen molar-refractivity contribution in [2.24, 2.45) is 0 Å². The fourth-order valence-electron chi connectivity index (χ4n) is 2.81. The molecule has 102 valence electrons. The van der Waals surface area contributed by atoms with Gasteiger partial charge < -0.3 is 15.5 Å². The van der Waals surface area contributed by atoms with Crippen LogP contribution in [0, 0.1) is 0 Å². The molecule has 3 rings (SSSR count). The molecule has 5 heteroatoms. The van der Waals surface area contributed by atoms with Crippen molar-refractivity contribution in [3.05, 3.63) is 28.2 Å². The van der Waals surface area contributed by atoms with Crippen LogP contribution < -0.4 is 10.6 Å². The van der Waals surface area contributed by atoms with E-state index in [4.69, 9.17) is 0 Å². The van der Waals surface area contributed by atoms with Crippen LogP contribution in [0.25, 0.3) is 0 Å². The lowest BCUT2D eigenvalue weighted by Gasteiger charge is -2.17. The van der Waals surface area contributed by atoms with Gasteiger partial charge in [-0.25, -0.2) is 0 Å². The summed E-state index contributed by atoms with van der Waals surface area (Å²) in [7, 11) is 0. The summed E-state index contributed by atoms with van der Waals surface area (Å²) in [6.45, 7) is 4.26. The third kappa shape index (κ3) is 2.83. The molecule has 1 saturated heterocycles. The monoisotopic (exact) mass is 323 g/mol. The smallest absolute Gasteiger partial charge is 0.246 e. The molecular formula is C14H18BrN3O. The van der Waals surface area contributed by atoms with Crippen LogP contribution in [-0.4, -0.2) is 37.0 Å². The quantitative estimate of drug-likeness (QED) is 0.892. The maximum absolute atomic E-state index is 12.0. The molecule has 19 heavy (non-hydrogen) atoms. The fraction of sp³-hybridized carbons (Fsp3) is 0.500. The lowest BCUT2D eigenvalue weighted by molar-refractivity contribution is -0.117. The van der Waals surface area contributed by atoms with E-state index in [1.807, 2.05) is 18.2 Å². The number of anilines is 1. The van der Waals surface area contributed by atoms with Gasteiger partial charge >= 0.3 is 0 Å². The van der Waals surface area contributed by atoms with Crippen molar-refractivity contribution >= 4 is 27.5 Å². The molecular weight excluding hydrogens is 306 g/mol. The van der Waals surface area contributed by atoms with Crippen LogP contribution >= 0.6 is 15.9 Å². The topological polar surface area (TPSA) is 44.4 Å². The first-order chi connectivity index (χ1) is 9.24. The highest BCUT2D eigenvalue weighted by Crippen LogP contribution is 2.32. The lowest BCUT2D eigenvalue weighted by Crippen LogP contribution is -2.34. The van der Waals surface area contributed by atoms with E-state index >= 15 is 0 Å². The van der Waals surface area contributed by atoms with Crippen LogP contribution in [0.3, 0.4) is 0 Å². The molecule has 1 aromatic rings. The number of hydrogen-bond donors (Lipinski definition) is 2. The van der Waals surface area contributed by atoms with Gasteiger partial charge in [-0.15, -0.1) is 0 Å². The van der Waals surface area contributed by atoms with E-state index in [1.54, 1.807) is 0 Å². The Morgan fingerprint density at radius 2 is 2.16 bits per heavy atom. The molecule has 2 aliphatic heterocycles. The molecule has 0 spiro atoms. The van der Waals surface area contributed by atoms with Gasteiger partial charge in [0.1, 0.15) is 6.04 Å². The van der Waals surface area contributed by atoms with Crippen molar-refractivity contribution in [2.75, 3.05) is 31.5 Å². The summed E-state index contributed by atoms with van der Waals surface area (Å²) in [6, 6.07) is 5.70. The van der Waals surface area contributed by atoms with E-state index in [0.29, 0.717) is 0 Å². The average molecular weight is 324 g/mol. The molecule has 0 radical (unpaired) electrons. The molecule has 2 aliphatic rings. The highest BCUT2D eigenvalue weighted by Gasteiger charge is 2.30. The molecule has 1 fully saturated rings. The maximum atomic E-state index is 12.0. The zero-order valence-corrected chi connectivity index (χ0v) is 12.4. The summed E-state index contributed by atoms with van der Waals surface area (Å²) in [5.41, 5.74) is 1.97. The number of halogens is 1. The number of rotatable bonds is 4. The van der Waals surface area contributed by atoms with E-state index in [-0.39, 0.29) is 11.9 Å². The van der Waals surface area contributed by atoms with E-state index in [2.05, 4.69) is 31.5 Å². The number of hydrogen-bond acceptors (Lipinski definition) is 3. The summed E-state index contributed by atoms with van der Waals surface area (Å²) in [5.74, 6) is 0.0505. The number of benzene rings is 1. The first-order valence-corrected chi connectivity index (χ1v) is 7.59. The van der Waals surface area contributed by atoms with Gasteiger partial charge in [0.25, 0.3) is 0 Å². The molecule has 1 atom stereocenters. The summed E-state index contributed by atoms with van der Waals surface area (Å²) < 4.78 is 1.01. The highest BCUT2D eigenvalue weighted by molar-refractivity contribution is 9.10. The van der Waals surface area contributed by atoms with Crippen LogP contribution in [0.2, 0.25) is 0 Å². The van der Waals surface area contributed by atoms with Gasteiger partial charge in [-0.1, -0.05) is 15.9 Å². The minimum atomic E-state index is -0.213. The third-order valence-electron chi connectivity index (χ3n) is 3.82. The van der Waals surface area contributed by atoms with Gasteiger partial charge in [0.15, 0.2) is 0 Å². The summed E-state index contributed by atoms with van der Waals surface area (Å²) in [6.07, 6.45) is 2.61. The van der Waals surface area contributed by atoms with E-state index < -0.39 is 0 Å². The third-order valence-corrected chi connectivity index (χ3v) is 4.31. The molecule has 1 unspecified atom stereocenters. The van der Waals surface area contributed by atoms with E-state index in [1.165, 1.54) is 25.9 Å². The SMILES string of the molecule is O=C1Nc2ccc(Br)cc2C1NCCN1CCCC1. The second-order valence-electron chi connectivity index (χ2n) is 5.16. The van der Waals surface area contributed by atoms with Gasteiger partial charge in [0, 0.05) is 28.8 Å². The van der Waals surface area contributed by atoms with Crippen molar-refractivity contribution < 1.29 is 4.79 Å². The molecule has 0 aromatic heterocycles. The summed E-state index contributed by atoms with van der Waals surface area (Å²) in [5, 5.41) is 6.28. The molecule has 2 heterocycles. The Bertz CT molecular complexity index is 486. The second-order valence-corrected chi connectivity index (χ2v) is 6.07. The Morgan fingerprint density at radius 1 is 1.37 bits per heavy atom. The minimum Gasteiger partial charge on any atom is -0.324 e. The Morgan fingerprint density at radius 3 is 2.95 bits per heavy atom. The normalized spacial score (nSPS) is 22.6. The number of nitrogens with zero attached hydrogens (tertiary/aromatic N) is 1. The molecule has 4 nitrogen and oxygen atoms in total. The first kappa shape index (κ1) is 13.1. The minimum absolute atomic E-state index is 0.0505. The van der Waals surface area contributed by atoms with Gasteiger partial charge in [0.05, 0.1) is 0 Å². The summed E-state index contributed by atoms with van der Waals surface area (Å²) in [4.78, 5) is 14.4. The largest absolute Gasteiger partial charge is 0.324 e. The van der Waals surface area contributed by atoms with Crippen LogP contribution in [0.4, 0.5) is 5.69 Å². The van der Waals surface area contributed by atoms with E-state index in [0.717, 1.165) is 28.8 Å². The van der Waals surface area contributed by atoms with Crippen molar-refractivity contribution in [1.29, 1.82) is 0 Å². The number of carbonyl (C=O) groups is 1. The van der Waals surface area contributed by atoms with Crippen LogP contribution in [0.1, 0.15) is 24.4 Å². The van der Waals surface area contributed by atoms with Crippen molar-refractivity contribution in [1.82, 2.24) is 10.2 Å². The molecule has 0 saturated carbocycles. The van der Waals surface area contributed by atoms with Crippen LogP contribution in [0.15, 0.2) is 22.7 Å². The first-order valence-electron chi connectivity index (χ1n) is 6.80. The van der Waals surface area contributed by atoms with Crippen LogP contribution in [-0.2, 0) is 4.79 Å². The van der Waals surface area contributed by atoms with E-state index in [9.17, 15) is 4.79 Å². The van der Waals surface area contributed by atoms with Crippen molar-refractivity contribution in [3.63, 3.8) is 0 Å². The number of fused-ring (bicyclic) bond motifs is 1. The number of carbonyl (C=O) groups excluding carboxylic acids is 1. The molecule has 1 aromatic carbocycles. The Balaban J connectivity index is 1.61. The predicted octanol–water partition coefficient (Wildman–Crippen LogP) is 2.13. The lowest BCUT2D eigenvalue weighted by atomic mass is 10.1. The molecule has 0 bridgehead atoms. The van der Waals surface area contributed by atoms with Gasteiger partial charge in [-0.2, -0.15) is 0 Å². The number of amides is 1. The molecule has 0 aliphatic carbocycles. The second kappa shape index (κ2) is 5.61. The summed E-state index contributed by atoms with van der Waals surface area (Å²) >= 11 is 3.46. The van der Waals surface area contributed by atoms with Crippen LogP contribution in [0.5, 0.6) is 0 Å². The average Bonchev–Trinajstić information content (AvgIpc) is 2.99. The Hall–Kier alpha value is -0.910. The van der Waals surface area contributed by atoms with Gasteiger partial charge in [-0.3, -0.25) is 4.79 Å². The fourth-order valence-corrected chi connectivity index (χ4v) is 3.19. The zero-order chi connectivity index (χ0) is 13.2. The zero-order valence-electron chi connectivity index (χ0n) is 10.8.